The van der Waals surface area contributed by atoms with Crippen LogP contribution in [0.25, 0.3) is 0 Å². The number of halogens is 1. The van der Waals surface area contributed by atoms with Crippen molar-refractivity contribution in [3.05, 3.63) is 70.5 Å². The molecule has 0 heterocycles. The van der Waals surface area contributed by atoms with Crippen molar-refractivity contribution in [2.24, 2.45) is 0 Å². The first kappa shape index (κ1) is 14.8. The Morgan fingerprint density at radius 2 is 1.90 bits per heavy atom. The number of rotatable bonds is 2. The van der Waals surface area contributed by atoms with Crippen LogP contribution in [0.15, 0.2) is 42.5 Å². The third-order valence-electron chi connectivity index (χ3n) is 3.20. The van der Waals surface area contributed by atoms with E-state index in [4.69, 9.17) is 0 Å². The summed E-state index contributed by atoms with van der Waals surface area (Å²) in [6.45, 7) is 4.14. The van der Waals surface area contributed by atoms with Crippen LogP contribution in [-0.2, 0) is 0 Å². The van der Waals surface area contributed by atoms with Crippen molar-refractivity contribution in [1.29, 1.82) is 0 Å². The van der Waals surface area contributed by atoms with Crippen molar-refractivity contribution < 1.29 is 9.18 Å². The van der Waals surface area contributed by atoms with Crippen LogP contribution in [0.2, 0.25) is 0 Å². The van der Waals surface area contributed by atoms with Crippen molar-refractivity contribution >= 4 is 5.91 Å². The van der Waals surface area contributed by atoms with Gasteiger partial charge in [0.15, 0.2) is 0 Å². The molecule has 0 bridgehead atoms. The number of carbonyl (C=O) groups excluding carboxylic acids is 1. The zero-order chi connectivity index (χ0) is 15.2. The van der Waals surface area contributed by atoms with E-state index in [1.165, 1.54) is 6.07 Å². The van der Waals surface area contributed by atoms with Crippen molar-refractivity contribution in [3.63, 3.8) is 0 Å². The monoisotopic (exact) mass is 281 g/mol. The Hall–Kier alpha value is -2.60. The van der Waals surface area contributed by atoms with Crippen LogP contribution in [0.1, 0.15) is 27.0 Å². The van der Waals surface area contributed by atoms with E-state index in [9.17, 15) is 9.18 Å². The van der Waals surface area contributed by atoms with Gasteiger partial charge in [-0.3, -0.25) is 4.79 Å². The second-order valence-corrected chi connectivity index (χ2v) is 4.76. The minimum atomic E-state index is -0.356. The highest BCUT2D eigenvalue weighted by Gasteiger charge is 2.04. The van der Waals surface area contributed by atoms with E-state index in [0.29, 0.717) is 11.1 Å². The van der Waals surface area contributed by atoms with E-state index in [0.717, 1.165) is 11.1 Å². The summed E-state index contributed by atoms with van der Waals surface area (Å²) in [5.74, 6) is 4.91. The Morgan fingerprint density at radius 1 is 1.14 bits per heavy atom. The Labute approximate surface area is 124 Å². The predicted octanol–water partition coefficient (Wildman–Crippen LogP) is 3.22. The van der Waals surface area contributed by atoms with Gasteiger partial charge in [-0.15, -0.1) is 0 Å². The maximum absolute atomic E-state index is 13.3. The standard InChI is InChI=1S/C18H16FNO/c1-13-9-10-16(12-14(13)2)18(21)20-11-5-7-15-6-3-4-8-17(15)19/h3-4,6,8-10,12H,11H2,1-2H3,(H,20,21). The first-order valence-corrected chi connectivity index (χ1v) is 6.67. The molecule has 0 unspecified atom stereocenters. The van der Waals surface area contributed by atoms with E-state index in [-0.39, 0.29) is 18.3 Å². The first-order chi connectivity index (χ1) is 10.1. The molecule has 21 heavy (non-hydrogen) atoms. The number of aryl methyl sites for hydroxylation is 2. The second-order valence-electron chi connectivity index (χ2n) is 4.76. The van der Waals surface area contributed by atoms with Crippen LogP contribution in [-0.4, -0.2) is 12.5 Å². The van der Waals surface area contributed by atoms with Gasteiger partial charge in [0.2, 0.25) is 0 Å². The molecule has 0 saturated heterocycles. The zero-order valence-corrected chi connectivity index (χ0v) is 12.0. The lowest BCUT2D eigenvalue weighted by atomic mass is 10.1. The molecule has 2 aromatic carbocycles. The molecule has 0 spiro atoms. The molecule has 2 rings (SSSR count). The normalized spacial score (nSPS) is 9.67. The van der Waals surface area contributed by atoms with E-state index >= 15 is 0 Å². The largest absolute Gasteiger partial charge is 0.341 e. The molecule has 0 aliphatic rings. The summed E-state index contributed by atoms with van der Waals surface area (Å²) in [7, 11) is 0. The molecule has 0 saturated carbocycles. The minimum Gasteiger partial charge on any atom is -0.341 e. The van der Waals surface area contributed by atoms with Gasteiger partial charge in [0.05, 0.1) is 12.1 Å². The fourth-order valence-electron chi connectivity index (χ4n) is 1.81. The van der Waals surface area contributed by atoms with Crippen molar-refractivity contribution in [2.75, 3.05) is 6.54 Å². The predicted molar refractivity (Wildman–Crippen MR) is 81.5 cm³/mol. The Morgan fingerprint density at radius 3 is 2.62 bits per heavy atom. The fourth-order valence-corrected chi connectivity index (χ4v) is 1.81. The second kappa shape index (κ2) is 6.71. The van der Waals surface area contributed by atoms with Gasteiger partial charge in [-0.05, 0) is 49.2 Å². The van der Waals surface area contributed by atoms with Crippen molar-refractivity contribution in [2.45, 2.75) is 13.8 Å². The molecule has 0 aromatic heterocycles. The summed E-state index contributed by atoms with van der Waals surface area (Å²) in [6.07, 6.45) is 0. The quantitative estimate of drug-likeness (QED) is 0.841. The summed E-state index contributed by atoms with van der Waals surface area (Å²) < 4.78 is 13.3. The molecule has 0 aliphatic heterocycles. The molecule has 106 valence electrons. The molecule has 0 aliphatic carbocycles. The van der Waals surface area contributed by atoms with Gasteiger partial charge in [-0.1, -0.05) is 30.0 Å². The number of nitrogens with one attached hydrogen (secondary N) is 1. The SMILES string of the molecule is Cc1ccc(C(=O)NCC#Cc2ccccc2F)cc1C. The molecule has 1 amide bonds. The highest BCUT2D eigenvalue weighted by molar-refractivity contribution is 5.94. The van der Waals surface area contributed by atoms with Gasteiger partial charge >= 0.3 is 0 Å². The fraction of sp³-hybridized carbons (Fsp3) is 0.167. The summed E-state index contributed by atoms with van der Waals surface area (Å²) in [5.41, 5.74) is 3.15. The average molecular weight is 281 g/mol. The third-order valence-corrected chi connectivity index (χ3v) is 3.20. The Kier molecular flexibility index (Phi) is 4.73. The lowest BCUT2D eigenvalue weighted by Crippen LogP contribution is -2.23. The Bertz CT molecular complexity index is 725. The molecule has 0 radical (unpaired) electrons. The third kappa shape index (κ3) is 3.93. The lowest BCUT2D eigenvalue weighted by molar-refractivity contribution is 0.0958. The minimum absolute atomic E-state index is 0.180. The number of hydrogen-bond acceptors (Lipinski definition) is 1. The zero-order valence-electron chi connectivity index (χ0n) is 12.0. The molecule has 1 N–H and O–H groups in total. The summed E-state index contributed by atoms with van der Waals surface area (Å²) in [4.78, 5) is 11.9. The van der Waals surface area contributed by atoms with E-state index < -0.39 is 0 Å². The van der Waals surface area contributed by atoms with Crippen LogP contribution in [0, 0.1) is 31.5 Å². The molecule has 0 fully saturated rings. The van der Waals surface area contributed by atoms with Crippen LogP contribution >= 0.6 is 0 Å². The van der Waals surface area contributed by atoms with Gasteiger partial charge in [0.1, 0.15) is 5.82 Å². The number of hydrogen-bond donors (Lipinski definition) is 1. The van der Waals surface area contributed by atoms with Gasteiger partial charge in [-0.2, -0.15) is 0 Å². The van der Waals surface area contributed by atoms with E-state index in [2.05, 4.69) is 17.2 Å². The van der Waals surface area contributed by atoms with Crippen molar-refractivity contribution in [3.8, 4) is 11.8 Å². The number of carbonyl (C=O) groups is 1. The first-order valence-electron chi connectivity index (χ1n) is 6.67. The molecular weight excluding hydrogens is 265 g/mol. The Balaban J connectivity index is 1.96. The summed E-state index contributed by atoms with van der Waals surface area (Å²) in [6, 6.07) is 11.8. The van der Waals surface area contributed by atoms with Crippen LogP contribution < -0.4 is 5.32 Å². The average Bonchev–Trinajstić information content (AvgIpc) is 2.48. The van der Waals surface area contributed by atoms with E-state index in [1.807, 2.05) is 26.0 Å². The highest BCUT2D eigenvalue weighted by atomic mass is 19.1. The molecule has 0 atom stereocenters. The molecule has 2 nitrogen and oxygen atoms in total. The van der Waals surface area contributed by atoms with Gasteiger partial charge in [0.25, 0.3) is 5.91 Å². The smallest absolute Gasteiger partial charge is 0.252 e. The van der Waals surface area contributed by atoms with E-state index in [1.54, 1.807) is 24.3 Å². The molecule has 3 heteroatoms. The van der Waals surface area contributed by atoms with Crippen LogP contribution in [0.4, 0.5) is 4.39 Å². The van der Waals surface area contributed by atoms with Gasteiger partial charge < -0.3 is 5.32 Å². The number of benzene rings is 2. The lowest BCUT2D eigenvalue weighted by Gasteiger charge is -2.04. The number of amides is 1. The topological polar surface area (TPSA) is 29.1 Å². The van der Waals surface area contributed by atoms with Crippen LogP contribution in [0.3, 0.4) is 0 Å². The highest BCUT2D eigenvalue weighted by Crippen LogP contribution is 2.09. The maximum atomic E-state index is 13.3. The van der Waals surface area contributed by atoms with Crippen LogP contribution in [0.5, 0.6) is 0 Å². The summed E-state index contributed by atoms with van der Waals surface area (Å²) in [5, 5.41) is 2.70. The van der Waals surface area contributed by atoms with Crippen molar-refractivity contribution in [1.82, 2.24) is 5.32 Å². The molecular formula is C18H16FNO. The summed E-state index contributed by atoms with van der Waals surface area (Å²) >= 11 is 0. The van der Waals surface area contributed by atoms with Gasteiger partial charge in [0, 0.05) is 5.56 Å². The maximum Gasteiger partial charge on any atom is 0.252 e. The molecule has 2 aromatic rings. The van der Waals surface area contributed by atoms with Gasteiger partial charge in [-0.25, -0.2) is 4.39 Å².